The third-order valence-electron chi connectivity index (χ3n) is 3.86. The molecule has 0 fully saturated rings. The molecule has 0 amide bonds. The van der Waals surface area contributed by atoms with E-state index < -0.39 is 0 Å². The monoisotopic (exact) mass is 474 g/mol. The lowest BCUT2D eigenvalue weighted by atomic mass is 10.2. The fourth-order valence-corrected chi connectivity index (χ4v) is 4.32. The maximum absolute atomic E-state index is 5.98. The highest BCUT2D eigenvalue weighted by Gasteiger charge is 2.15. The number of methoxy groups -OCH3 is 1. The molecular weight excluding hydrogens is 459 g/mol. The van der Waals surface area contributed by atoms with E-state index in [0.29, 0.717) is 12.4 Å². The molecule has 4 nitrogen and oxygen atoms in total. The Hall–Kier alpha value is -2.19. The van der Waals surface area contributed by atoms with Crippen LogP contribution in [0.2, 0.25) is 0 Å². The van der Waals surface area contributed by atoms with E-state index in [1.54, 1.807) is 24.6 Å². The molecule has 26 heavy (non-hydrogen) atoms. The molecule has 0 saturated heterocycles. The van der Waals surface area contributed by atoms with Gasteiger partial charge in [0.25, 0.3) is 0 Å². The van der Waals surface area contributed by atoms with Gasteiger partial charge in [-0.1, -0.05) is 18.2 Å². The van der Waals surface area contributed by atoms with Crippen LogP contribution in [0.1, 0.15) is 5.69 Å². The molecular formula is C20H15IN2O2S. The molecule has 4 aromatic rings. The van der Waals surface area contributed by atoms with Crippen molar-refractivity contribution < 1.29 is 9.47 Å². The van der Waals surface area contributed by atoms with Crippen molar-refractivity contribution in [2.24, 2.45) is 0 Å². The number of pyridine rings is 1. The number of ether oxygens (including phenoxy) is 2. The van der Waals surface area contributed by atoms with Gasteiger partial charge >= 0.3 is 0 Å². The Kier molecular flexibility index (Phi) is 5.03. The molecule has 2 aromatic heterocycles. The van der Waals surface area contributed by atoms with Crippen LogP contribution in [0, 0.1) is 3.57 Å². The van der Waals surface area contributed by atoms with Gasteiger partial charge in [-0.15, -0.1) is 11.3 Å². The topological polar surface area (TPSA) is 44.2 Å². The number of aromatic nitrogens is 2. The van der Waals surface area contributed by atoms with Crippen molar-refractivity contribution in [1.29, 1.82) is 0 Å². The standard InChI is InChI=1S/C20H15IN2O2S/c1-24-17-11-13(20-23-16-7-2-3-8-18(16)26-20)10-15(21)19(17)25-12-14-6-4-5-9-22-14/h2-11H,12H2,1H3. The predicted molar refractivity (Wildman–Crippen MR) is 113 cm³/mol. The summed E-state index contributed by atoms with van der Waals surface area (Å²) in [5.41, 5.74) is 2.91. The van der Waals surface area contributed by atoms with Gasteiger partial charge in [0.15, 0.2) is 11.5 Å². The van der Waals surface area contributed by atoms with Gasteiger partial charge in [-0.2, -0.15) is 0 Å². The second kappa shape index (κ2) is 7.59. The van der Waals surface area contributed by atoms with Crippen LogP contribution in [0.5, 0.6) is 11.5 Å². The minimum atomic E-state index is 0.397. The summed E-state index contributed by atoms with van der Waals surface area (Å²) in [6.07, 6.45) is 1.76. The van der Waals surface area contributed by atoms with Crippen LogP contribution in [-0.2, 0) is 6.61 Å². The highest BCUT2D eigenvalue weighted by atomic mass is 127. The summed E-state index contributed by atoms with van der Waals surface area (Å²) in [4.78, 5) is 9.02. The largest absolute Gasteiger partial charge is 0.493 e. The highest BCUT2D eigenvalue weighted by molar-refractivity contribution is 14.1. The van der Waals surface area contributed by atoms with E-state index in [2.05, 4.69) is 39.7 Å². The number of para-hydroxylation sites is 1. The van der Waals surface area contributed by atoms with Gasteiger partial charge in [0.2, 0.25) is 0 Å². The second-order valence-corrected chi connectivity index (χ2v) is 7.78. The van der Waals surface area contributed by atoms with Gasteiger partial charge in [0, 0.05) is 11.8 Å². The average Bonchev–Trinajstić information content (AvgIpc) is 3.11. The zero-order valence-corrected chi connectivity index (χ0v) is 17.0. The quantitative estimate of drug-likeness (QED) is 0.356. The Bertz CT molecular complexity index is 1020. The molecule has 2 aromatic carbocycles. The summed E-state index contributed by atoms with van der Waals surface area (Å²) >= 11 is 3.95. The third kappa shape index (κ3) is 3.52. The van der Waals surface area contributed by atoms with E-state index in [9.17, 15) is 0 Å². The van der Waals surface area contributed by atoms with Crippen LogP contribution in [0.15, 0.2) is 60.8 Å². The SMILES string of the molecule is COc1cc(-c2nc3ccccc3s2)cc(I)c1OCc1ccccn1. The molecule has 0 atom stereocenters. The molecule has 0 unspecified atom stereocenters. The van der Waals surface area contributed by atoms with Crippen LogP contribution in [0.3, 0.4) is 0 Å². The Morgan fingerprint density at radius 3 is 2.69 bits per heavy atom. The number of hydrogen-bond donors (Lipinski definition) is 0. The molecule has 0 spiro atoms. The van der Waals surface area contributed by atoms with E-state index in [1.807, 2.05) is 42.5 Å². The normalized spacial score (nSPS) is 10.8. The molecule has 0 N–H and O–H groups in total. The molecule has 6 heteroatoms. The van der Waals surface area contributed by atoms with E-state index >= 15 is 0 Å². The van der Waals surface area contributed by atoms with E-state index in [4.69, 9.17) is 14.5 Å². The number of thiazole rings is 1. The van der Waals surface area contributed by atoms with Gasteiger partial charge in [-0.25, -0.2) is 4.98 Å². The Labute approximate surface area is 169 Å². The summed E-state index contributed by atoms with van der Waals surface area (Å²) in [6, 6.07) is 18.0. The van der Waals surface area contributed by atoms with Crippen molar-refractivity contribution in [3.05, 3.63) is 70.1 Å². The summed E-state index contributed by atoms with van der Waals surface area (Å²) in [5.74, 6) is 1.42. The van der Waals surface area contributed by atoms with Crippen LogP contribution >= 0.6 is 33.9 Å². The zero-order chi connectivity index (χ0) is 17.9. The number of hydrogen-bond acceptors (Lipinski definition) is 5. The Balaban J connectivity index is 1.67. The first-order valence-corrected chi connectivity index (χ1v) is 9.90. The summed E-state index contributed by atoms with van der Waals surface area (Å²) in [7, 11) is 1.65. The maximum Gasteiger partial charge on any atom is 0.175 e. The molecule has 2 heterocycles. The molecule has 130 valence electrons. The number of nitrogens with zero attached hydrogens (tertiary/aromatic N) is 2. The number of benzene rings is 2. The van der Waals surface area contributed by atoms with Crippen molar-refractivity contribution in [1.82, 2.24) is 9.97 Å². The fraction of sp³-hybridized carbons (Fsp3) is 0.100. The van der Waals surface area contributed by atoms with Gasteiger partial charge < -0.3 is 9.47 Å². The Morgan fingerprint density at radius 1 is 1.08 bits per heavy atom. The third-order valence-corrected chi connectivity index (χ3v) is 5.75. The van der Waals surface area contributed by atoms with Crippen molar-refractivity contribution in [2.45, 2.75) is 6.61 Å². The number of rotatable bonds is 5. The highest BCUT2D eigenvalue weighted by Crippen LogP contribution is 2.39. The molecule has 0 aliphatic rings. The average molecular weight is 474 g/mol. The minimum absolute atomic E-state index is 0.397. The van der Waals surface area contributed by atoms with E-state index in [1.165, 1.54) is 4.70 Å². The number of fused-ring (bicyclic) bond motifs is 1. The lowest BCUT2D eigenvalue weighted by Gasteiger charge is -2.13. The van der Waals surface area contributed by atoms with Crippen LogP contribution in [0.25, 0.3) is 20.8 Å². The molecule has 0 aliphatic carbocycles. The predicted octanol–water partition coefficient (Wildman–Crippen LogP) is 5.55. The van der Waals surface area contributed by atoms with Crippen molar-refractivity contribution >= 4 is 44.1 Å². The van der Waals surface area contributed by atoms with Crippen molar-refractivity contribution in [3.8, 4) is 22.1 Å². The fourth-order valence-electron chi connectivity index (χ4n) is 2.61. The van der Waals surface area contributed by atoms with Crippen LogP contribution in [0.4, 0.5) is 0 Å². The lowest BCUT2D eigenvalue weighted by Crippen LogP contribution is -2.01. The summed E-state index contributed by atoms with van der Waals surface area (Å²) in [6.45, 7) is 0.397. The molecule has 0 aliphatic heterocycles. The summed E-state index contributed by atoms with van der Waals surface area (Å²) < 4.78 is 13.7. The van der Waals surface area contributed by atoms with Crippen LogP contribution in [-0.4, -0.2) is 17.1 Å². The van der Waals surface area contributed by atoms with Crippen molar-refractivity contribution in [2.75, 3.05) is 7.11 Å². The van der Waals surface area contributed by atoms with Gasteiger partial charge in [0.1, 0.15) is 11.6 Å². The first-order chi connectivity index (χ1) is 12.7. The zero-order valence-electron chi connectivity index (χ0n) is 14.0. The van der Waals surface area contributed by atoms with Gasteiger partial charge in [-0.05, 0) is 59.0 Å². The van der Waals surface area contributed by atoms with Crippen molar-refractivity contribution in [3.63, 3.8) is 0 Å². The number of halogens is 1. The van der Waals surface area contributed by atoms with E-state index in [-0.39, 0.29) is 0 Å². The first kappa shape index (κ1) is 17.2. The maximum atomic E-state index is 5.98. The molecule has 4 rings (SSSR count). The lowest BCUT2D eigenvalue weighted by molar-refractivity contribution is 0.278. The van der Waals surface area contributed by atoms with Gasteiger partial charge in [0.05, 0.1) is 26.6 Å². The van der Waals surface area contributed by atoms with Crippen LogP contribution < -0.4 is 9.47 Å². The molecule has 0 saturated carbocycles. The Morgan fingerprint density at radius 2 is 1.92 bits per heavy atom. The first-order valence-electron chi connectivity index (χ1n) is 8.01. The molecule has 0 radical (unpaired) electrons. The second-order valence-electron chi connectivity index (χ2n) is 5.59. The minimum Gasteiger partial charge on any atom is -0.493 e. The smallest absolute Gasteiger partial charge is 0.175 e. The van der Waals surface area contributed by atoms with Gasteiger partial charge in [-0.3, -0.25) is 4.98 Å². The molecule has 0 bridgehead atoms. The van der Waals surface area contributed by atoms with E-state index in [0.717, 1.165) is 31.1 Å². The summed E-state index contributed by atoms with van der Waals surface area (Å²) in [5, 5.41) is 0.971.